The van der Waals surface area contributed by atoms with E-state index in [1.165, 1.54) is 29.5 Å². The Morgan fingerprint density at radius 1 is 1.14 bits per heavy atom. The van der Waals surface area contributed by atoms with Gasteiger partial charge in [-0.1, -0.05) is 37.7 Å². The van der Waals surface area contributed by atoms with E-state index in [9.17, 15) is 9.18 Å². The normalized spacial score (nSPS) is 11.0. The van der Waals surface area contributed by atoms with Crippen LogP contribution in [0.25, 0.3) is 5.69 Å². The highest BCUT2D eigenvalue weighted by molar-refractivity contribution is 7.99. The summed E-state index contributed by atoms with van der Waals surface area (Å²) in [4.78, 5) is 14.3. The first-order valence-electron chi connectivity index (χ1n) is 9.07. The van der Waals surface area contributed by atoms with Gasteiger partial charge in [0, 0.05) is 12.2 Å². The van der Waals surface area contributed by atoms with Crippen LogP contribution >= 0.6 is 11.8 Å². The maximum absolute atomic E-state index is 13.1. The molecule has 0 bridgehead atoms. The molecule has 8 heteroatoms. The molecule has 1 amide bonds. The first-order chi connectivity index (χ1) is 13.5. The van der Waals surface area contributed by atoms with E-state index in [0.29, 0.717) is 23.3 Å². The number of benzene rings is 2. The molecule has 3 rings (SSSR count). The largest absolute Gasteiger partial charge is 0.312 e. The van der Waals surface area contributed by atoms with Gasteiger partial charge in [-0.15, -0.1) is 5.10 Å². The Morgan fingerprint density at radius 2 is 1.82 bits per heavy atom. The molecular formula is C20H22FN5OS. The molecule has 1 aromatic heterocycles. The zero-order valence-electron chi connectivity index (χ0n) is 16.0. The molecule has 1 heterocycles. The van der Waals surface area contributed by atoms with Gasteiger partial charge in [0.25, 0.3) is 0 Å². The lowest BCUT2D eigenvalue weighted by atomic mass is 10.0. The van der Waals surface area contributed by atoms with Crippen molar-refractivity contribution in [2.24, 2.45) is 0 Å². The van der Waals surface area contributed by atoms with Gasteiger partial charge in [0.2, 0.25) is 11.1 Å². The minimum Gasteiger partial charge on any atom is -0.312 e. The number of tetrazole rings is 1. The fourth-order valence-corrected chi connectivity index (χ4v) is 3.53. The van der Waals surface area contributed by atoms with E-state index in [1.54, 1.807) is 21.7 Å². The standard InChI is InChI=1S/C20H22FN5OS/c1-4-25(17-11-7-16(21)8-12-17)19(27)13-28-20-22-23-24-26(20)18-9-5-15(6-10-18)14(2)3/h5-12,14H,4,13H2,1-3H3. The van der Waals surface area contributed by atoms with Crippen LogP contribution in [0.2, 0.25) is 0 Å². The van der Waals surface area contributed by atoms with E-state index < -0.39 is 0 Å². The lowest BCUT2D eigenvalue weighted by Gasteiger charge is -2.20. The van der Waals surface area contributed by atoms with Crippen LogP contribution in [0.5, 0.6) is 0 Å². The molecule has 2 aromatic carbocycles. The highest BCUT2D eigenvalue weighted by atomic mass is 32.2. The Labute approximate surface area is 167 Å². The second kappa shape index (κ2) is 8.97. The molecule has 0 saturated heterocycles. The number of halogens is 1. The van der Waals surface area contributed by atoms with Crippen LogP contribution in [0.4, 0.5) is 10.1 Å². The van der Waals surface area contributed by atoms with Crippen molar-refractivity contribution in [1.82, 2.24) is 20.2 Å². The van der Waals surface area contributed by atoms with Crippen LogP contribution in [0.15, 0.2) is 53.7 Å². The minimum absolute atomic E-state index is 0.0937. The summed E-state index contributed by atoms with van der Waals surface area (Å²) in [6.45, 7) is 6.65. The summed E-state index contributed by atoms with van der Waals surface area (Å²) in [5.74, 6) is 0.198. The number of hydrogen-bond acceptors (Lipinski definition) is 5. The van der Waals surface area contributed by atoms with E-state index in [4.69, 9.17) is 0 Å². The van der Waals surface area contributed by atoms with Gasteiger partial charge in [0.05, 0.1) is 11.4 Å². The summed E-state index contributed by atoms with van der Waals surface area (Å²) >= 11 is 1.27. The number of thioether (sulfide) groups is 1. The average molecular weight is 399 g/mol. The van der Waals surface area contributed by atoms with Crippen LogP contribution in [0.1, 0.15) is 32.3 Å². The maximum Gasteiger partial charge on any atom is 0.237 e. The Morgan fingerprint density at radius 3 is 2.43 bits per heavy atom. The molecular weight excluding hydrogens is 377 g/mol. The second-order valence-electron chi connectivity index (χ2n) is 6.52. The van der Waals surface area contributed by atoms with E-state index in [1.807, 2.05) is 19.1 Å². The summed E-state index contributed by atoms with van der Waals surface area (Å²) < 4.78 is 14.8. The van der Waals surface area contributed by atoms with E-state index in [-0.39, 0.29) is 17.5 Å². The summed E-state index contributed by atoms with van der Waals surface area (Å²) in [5, 5.41) is 12.4. The first-order valence-corrected chi connectivity index (χ1v) is 10.1. The molecule has 0 aliphatic carbocycles. The summed E-state index contributed by atoms with van der Waals surface area (Å²) in [6.07, 6.45) is 0. The monoisotopic (exact) mass is 399 g/mol. The number of amides is 1. The van der Waals surface area contributed by atoms with Crippen LogP contribution in [-0.2, 0) is 4.79 Å². The Balaban J connectivity index is 1.70. The molecule has 0 fully saturated rings. The molecule has 28 heavy (non-hydrogen) atoms. The Hall–Kier alpha value is -2.74. The molecule has 146 valence electrons. The quantitative estimate of drug-likeness (QED) is 0.561. The van der Waals surface area contributed by atoms with Crippen LogP contribution in [0, 0.1) is 5.82 Å². The lowest BCUT2D eigenvalue weighted by molar-refractivity contribution is -0.116. The molecule has 0 aliphatic heterocycles. The predicted molar refractivity (Wildman–Crippen MR) is 108 cm³/mol. The summed E-state index contributed by atoms with van der Waals surface area (Å²) in [6, 6.07) is 13.9. The zero-order valence-corrected chi connectivity index (χ0v) is 16.9. The van der Waals surface area contributed by atoms with Crippen molar-refractivity contribution in [3.8, 4) is 5.69 Å². The van der Waals surface area contributed by atoms with Gasteiger partial charge in [-0.2, -0.15) is 4.68 Å². The van der Waals surface area contributed by atoms with Crippen molar-refractivity contribution >= 4 is 23.4 Å². The fraction of sp³-hybridized carbons (Fsp3) is 0.300. The third-order valence-electron chi connectivity index (χ3n) is 4.33. The van der Waals surface area contributed by atoms with Crippen LogP contribution in [0.3, 0.4) is 0 Å². The van der Waals surface area contributed by atoms with Crippen molar-refractivity contribution in [2.75, 3.05) is 17.2 Å². The highest BCUT2D eigenvalue weighted by Crippen LogP contribution is 2.22. The third kappa shape index (κ3) is 4.56. The van der Waals surface area contributed by atoms with Gasteiger partial charge in [0.1, 0.15) is 5.82 Å². The van der Waals surface area contributed by atoms with E-state index in [2.05, 4.69) is 41.5 Å². The molecule has 0 spiro atoms. The number of carbonyl (C=O) groups excluding carboxylic acids is 1. The van der Waals surface area contributed by atoms with Gasteiger partial charge in [-0.25, -0.2) is 4.39 Å². The topological polar surface area (TPSA) is 63.9 Å². The summed E-state index contributed by atoms with van der Waals surface area (Å²) in [5.41, 5.74) is 2.74. The second-order valence-corrected chi connectivity index (χ2v) is 7.47. The van der Waals surface area contributed by atoms with Gasteiger partial charge in [-0.3, -0.25) is 4.79 Å². The molecule has 6 nitrogen and oxygen atoms in total. The van der Waals surface area contributed by atoms with E-state index in [0.717, 1.165) is 5.69 Å². The molecule has 0 saturated carbocycles. The lowest BCUT2D eigenvalue weighted by Crippen LogP contribution is -2.32. The summed E-state index contributed by atoms with van der Waals surface area (Å²) in [7, 11) is 0. The van der Waals surface area contributed by atoms with Crippen molar-refractivity contribution in [2.45, 2.75) is 31.8 Å². The Bertz CT molecular complexity index is 925. The average Bonchev–Trinajstić information content (AvgIpc) is 3.17. The van der Waals surface area contributed by atoms with Crippen molar-refractivity contribution in [1.29, 1.82) is 0 Å². The first kappa shape index (κ1) is 20.0. The van der Waals surface area contributed by atoms with Crippen molar-refractivity contribution in [3.63, 3.8) is 0 Å². The third-order valence-corrected chi connectivity index (χ3v) is 5.23. The number of carbonyl (C=O) groups is 1. The SMILES string of the molecule is CCN(C(=O)CSc1nnnn1-c1ccc(C(C)C)cc1)c1ccc(F)cc1. The molecule has 0 atom stereocenters. The minimum atomic E-state index is -0.329. The smallest absolute Gasteiger partial charge is 0.237 e. The number of rotatable bonds is 7. The predicted octanol–water partition coefficient (Wildman–Crippen LogP) is 4.07. The number of hydrogen-bond donors (Lipinski definition) is 0. The molecule has 0 radical (unpaired) electrons. The molecule has 0 unspecified atom stereocenters. The van der Waals surface area contributed by atoms with E-state index >= 15 is 0 Å². The van der Waals surface area contributed by atoms with Crippen LogP contribution in [-0.4, -0.2) is 38.4 Å². The van der Waals surface area contributed by atoms with Crippen LogP contribution < -0.4 is 4.90 Å². The Kier molecular flexibility index (Phi) is 6.41. The zero-order chi connectivity index (χ0) is 20.1. The molecule has 0 N–H and O–H groups in total. The van der Waals surface area contributed by atoms with Crippen molar-refractivity contribution in [3.05, 3.63) is 59.9 Å². The van der Waals surface area contributed by atoms with Gasteiger partial charge in [-0.05, 0) is 65.2 Å². The van der Waals surface area contributed by atoms with Crippen molar-refractivity contribution < 1.29 is 9.18 Å². The number of nitrogens with zero attached hydrogens (tertiary/aromatic N) is 5. The molecule has 3 aromatic rings. The van der Waals surface area contributed by atoms with Gasteiger partial charge in [0.15, 0.2) is 0 Å². The number of anilines is 1. The maximum atomic E-state index is 13.1. The molecule has 0 aliphatic rings. The van der Waals surface area contributed by atoms with Gasteiger partial charge < -0.3 is 4.90 Å². The fourth-order valence-electron chi connectivity index (χ4n) is 2.76. The highest BCUT2D eigenvalue weighted by Gasteiger charge is 2.17. The number of aromatic nitrogens is 4. The van der Waals surface area contributed by atoms with Gasteiger partial charge >= 0.3 is 0 Å².